The van der Waals surface area contributed by atoms with Crippen molar-refractivity contribution in [2.24, 2.45) is 5.92 Å². The molecule has 1 amide bonds. The summed E-state index contributed by atoms with van der Waals surface area (Å²) in [5.41, 5.74) is 3.68. The second-order valence-corrected chi connectivity index (χ2v) is 11.3. The van der Waals surface area contributed by atoms with E-state index in [0.717, 1.165) is 50.4 Å². The first kappa shape index (κ1) is 25.8. The molecule has 1 aliphatic carbocycles. The minimum atomic E-state index is -0.326. The molecule has 1 aromatic heterocycles. The van der Waals surface area contributed by atoms with E-state index in [4.69, 9.17) is 16.1 Å². The van der Waals surface area contributed by atoms with Crippen LogP contribution in [0.5, 0.6) is 0 Å². The molecule has 8 heteroatoms. The van der Waals surface area contributed by atoms with Gasteiger partial charge in [0.1, 0.15) is 5.82 Å². The number of fused-ring (bicyclic) bond motifs is 1. The zero-order valence-corrected chi connectivity index (χ0v) is 22.8. The highest BCUT2D eigenvalue weighted by Crippen LogP contribution is 2.45. The highest BCUT2D eigenvalue weighted by Gasteiger charge is 2.42. The van der Waals surface area contributed by atoms with Crippen molar-refractivity contribution in [1.82, 2.24) is 10.1 Å². The molecule has 2 heterocycles. The number of halogens is 2. The molecule has 3 aromatic carbocycles. The third-order valence-electron chi connectivity index (χ3n) is 8.48. The Morgan fingerprint density at radius 1 is 1.03 bits per heavy atom. The first-order valence-electron chi connectivity index (χ1n) is 13.6. The van der Waals surface area contributed by atoms with Gasteiger partial charge in [-0.3, -0.25) is 9.69 Å². The lowest BCUT2D eigenvalue weighted by Gasteiger charge is -2.51. The Balaban J connectivity index is 1.24. The molecule has 6 nitrogen and oxygen atoms in total. The highest BCUT2D eigenvalue weighted by atomic mass is 35.5. The average Bonchev–Trinajstić information content (AvgIpc) is 3.38. The van der Waals surface area contributed by atoms with Crippen LogP contribution in [0.4, 0.5) is 15.8 Å². The third-order valence-corrected chi connectivity index (χ3v) is 8.72. The van der Waals surface area contributed by atoms with Gasteiger partial charge in [0.25, 0.3) is 5.91 Å². The molecule has 0 atom stereocenters. The molecule has 0 spiro atoms. The molecule has 0 radical (unpaired) electrons. The van der Waals surface area contributed by atoms with Gasteiger partial charge in [-0.05, 0) is 91.8 Å². The number of carbonyl (C=O) groups is 1. The fourth-order valence-corrected chi connectivity index (χ4v) is 6.40. The zero-order valence-electron chi connectivity index (χ0n) is 22.0. The number of nitrogens with one attached hydrogen (secondary N) is 1. The minimum absolute atomic E-state index is 0.0871. The number of nitrogens with zero attached hydrogens (tertiary/aromatic N) is 3. The topological polar surface area (TPSA) is 61.6 Å². The van der Waals surface area contributed by atoms with Crippen LogP contribution in [0.3, 0.4) is 0 Å². The summed E-state index contributed by atoms with van der Waals surface area (Å²) in [4.78, 5) is 18.2. The molecule has 0 unspecified atom stereocenters. The largest absolute Gasteiger partial charge is 0.369 e. The monoisotopic (exact) mass is 546 g/mol. The van der Waals surface area contributed by atoms with Crippen molar-refractivity contribution in [1.29, 1.82) is 0 Å². The number of hydrogen-bond acceptors (Lipinski definition) is 5. The SMILES string of the molecule is C[C@H]1CC[C@](c2cccc(NC(=O)c3noc4ccc(Cl)cc34)c2)(N2CCN(c3ccc(F)cc3)CC2)CC1. The number of benzene rings is 3. The van der Waals surface area contributed by atoms with Crippen molar-refractivity contribution in [2.45, 2.75) is 38.1 Å². The summed E-state index contributed by atoms with van der Waals surface area (Å²) < 4.78 is 18.8. The van der Waals surface area contributed by atoms with Crippen LogP contribution in [0.25, 0.3) is 11.0 Å². The van der Waals surface area contributed by atoms with E-state index >= 15 is 0 Å². The Morgan fingerprint density at radius 2 is 1.77 bits per heavy atom. The molecular weight excluding hydrogens is 515 g/mol. The van der Waals surface area contributed by atoms with E-state index < -0.39 is 0 Å². The van der Waals surface area contributed by atoms with E-state index in [0.29, 0.717) is 21.9 Å². The number of anilines is 2. The molecule has 1 saturated heterocycles. The first-order chi connectivity index (χ1) is 18.9. The summed E-state index contributed by atoms with van der Waals surface area (Å²) in [6, 6.07) is 20.2. The standard InChI is InChI=1S/C31H32ClFN4O2/c1-21-11-13-31(14-12-21,37-17-15-36(16-18-37)26-8-6-24(33)7-9-26)22-3-2-4-25(19-22)34-30(38)29-27-20-23(32)5-10-28(27)39-35-29/h2-10,19-21H,11-18H2,1H3,(H,34,38)/t21-,31-. The maximum atomic E-state index is 13.4. The lowest BCUT2D eigenvalue weighted by atomic mass is 9.71. The molecule has 2 fully saturated rings. The van der Waals surface area contributed by atoms with E-state index in [1.54, 1.807) is 18.2 Å². The number of hydrogen-bond donors (Lipinski definition) is 1. The zero-order chi connectivity index (χ0) is 27.0. The van der Waals surface area contributed by atoms with E-state index in [-0.39, 0.29) is 23.0 Å². The van der Waals surface area contributed by atoms with Crippen LogP contribution in [0, 0.1) is 11.7 Å². The smallest absolute Gasteiger partial charge is 0.278 e. The molecule has 39 heavy (non-hydrogen) atoms. The van der Waals surface area contributed by atoms with Crippen LogP contribution in [-0.2, 0) is 5.54 Å². The normalized spacial score (nSPS) is 22.2. The molecule has 1 aliphatic heterocycles. The molecular formula is C31H32ClFN4O2. The van der Waals surface area contributed by atoms with Crippen LogP contribution in [0.2, 0.25) is 5.02 Å². The van der Waals surface area contributed by atoms with Crippen molar-refractivity contribution >= 4 is 39.9 Å². The summed E-state index contributed by atoms with van der Waals surface area (Å²) in [5, 5.41) is 8.15. The Bertz CT molecular complexity index is 1470. The van der Waals surface area contributed by atoms with Gasteiger partial charge in [-0.1, -0.05) is 35.8 Å². The summed E-state index contributed by atoms with van der Waals surface area (Å²) in [6.45, 7) is 5.96. The van der Waals surface area contributed by atoms with Crippen LogP contribution < -0.4 is 10.2 Å². The average molecular weight is 547 g/mol. The highest BCUT2D eigenvalue weighted by molar-refractivity contribution is 6.31. The lowest BCUT2D eigenvalue weighted by molar-refractivity contribution is 0.0299. The molecule has 1 N–H and O–H groups in total. The Labute approximate surface area is 232 Å². The Kier molecular flexibility index (Phi) is 7.04. The Hall–Kier alpha value is -3.42. The van der Waals surface area contributed by atoms with Gasteiger partial charge < -0.3 is 14.7 Å². The van der Waals surface area contributed by atoms with E-state index in [1.807, 2.05) is 24.3 Å². The second-order valence-electron chi connectivity index (χ2n) is 10.9. The predicted octanol–water partition coefficient (Wildman–Crippen LogP) is 7.10. The third kappa shape index (κ3) is 5.13. The molecule has 1 saturated carbocycles. The number of amides is 1. The van der Waals surface area contributed by atoms with Crippen molar-refractivity contribution in [3.63, 3.8) is 0 Å². The quantitative estimate of drug-likeness (QED) is 0.289. The predicted molar refractivity (Wildman–Crippen MR) is 153 cm³/mol. The van der Waals surface area contributed by atoms with Crippen molar-refractivity contribution in [3.05, 3.63) is 88.8 Å². The molecule has 2 aliphatic rings. The van der Waals surface area contributed by atoms with Gasteiger partial charge in [-0.2, -0.15) is 0 Å². The fraction of sp³-hybridized carbons (Fsp3) is 0.355. The summed E-state index contributed by atoms with van der Waals surface area (Å²) in [6.07, 6.45) is 4.49. The van der Waals surface area contributed by atoms with Crippen molar-refractivity contribution in [2.75, 3.05) is 36.4 Å². The van der Waals surface area contributed by atoms with Gasteiger partial charge >= 0.3 is 0 Å². The fourth-order valence-electron chi connectivity index (χ4n) is 6.22. The van der Waals surface area contributed by atoms with Gasteiger partial charge in [0, 0.05) is 48.1 Å². The number of rotatable bonds is 5. The van der Waals surface area contributed by atoms with Gasteiger partial charge in [-0.25, -0.2) is 4.39 Å². The van der Waals surface area contributed by atoms with Crippen molar-refractivity contribution in [3.8, 4) is 0 Å². The summed E-state index contributed by atoms with van der Waals surface area (Å²) in [7, 11) is 0. The molecule has 202 valence electrons. The number of aromatic nitrogens is 1. The maximum Gasteiger partial charge on any atom is 0.278 e. The van der Waals surface area contributed by atoms with E-state index in [2.05, 4.69) is 39.3 Å². The van der Waals surface area contributed by atoms with Gasteiger partial charge in [-0.15, -0.1) is 0 Å². The maximum absolute atomic E-state index is 13.4. The Morgan fingerprint density at radius 3 is 2.51 bits per heavy atom. The number of carbonyl (C=O) groups excluding carboxylic acids is 1. The van der Waals surface area contributed by atoms with Gasteiger partial charge in [0.05, 0.1) is 5.39 Å². The van der Waals surface area contributed by atoms with Gasteiger partial charge in [0.2, 0.25) is 0 Å². The molecule has 0 bridgehead atoms. The summed E-state index contributed by atoms with van der Waals surface area (Å²) >= 11 is 6.14. The van der Waals surface area contributed by atoms with Crippen LogP contribution >= 0.6 is 11.6 Å². The van der Waals surface area contributed by atoms with Gasteiger partial charge in [0.15, 0.2) is 11.3 Å². The molecule has 4 aromatic rings. The van der Waals surface area contributed by atoms with Crippen molar-refractivity contribution < 1.29 is 13.7 Å². The summed E-state index contributed by atoms with van der Waals surface area (Å²) in [5.74, 6) is 0.168. The second kappa shape index (κ2) is 10.6. The van der Waals surface area contributed by atoms with Crippen LogP contribution in [0.15, 0.2) is 71.3 Å². The van der Waals surface area contributed by atoms with E-state index in [1.165, 1.54) is 30.5 Å². The van der Waals surface area contributed by atoms with Crippen LogP contribution in [0.1, 0.15) is 48.7 Å². The number of piperazine rings is 1. The lowest BCUT2D eigenvalue weighted by Crippen LogP contribution is -2.56. The van der Waals surface area contributed by atoms with Crippen LogP contribution in [-0.4, -0.2) is 42.1 Å². The van der Waals surface area contributed by atoms with E-state index in [9.17, 15) is 9.18 Å². The molecule has 6 rings (SSSR count). The first-order valence-corrected chi connectivity index (χ1v) is 14.0. The minimum Gasteiger partial charge on any atom is -0.369 e.